The smallest absolute Gasteiger partial charge is 0.0579 e. The second kappa shape index (κ2) is 16.4. The van der Waals surface area contributed by atoms with E-state index in [1.54, 1.807) is 0 Å². The van der Waals surface area contributed by atoms with Gasteiger partial charge in [0, 0.05) is 6.61 Å². The number of aliphatic hydroxyl groups excluding tert-OH is 1. The van der Waals surface area contributed by atoms with Crippen LogP contribution in [0.2, 0.25) is 0 Å². The molecule has 0 radical (unpaired) electrons. The number of unbranched alkanes of at least 4 members (excludes halogenated alkanes) is 1. The minimum absolute atomic E-state index is 0.344. The van der Waals surface area contributed by atoms with Crippen LogP contribution in [-0.4, -0.2) is 16.4 Å². The highest BCUT2D eigenvalue weighted by Gasteiger charge is 1.69. The van der Waals surface area contributed by atoms with Crippen LogP contribution in [-0.2, 0) is 0 Å². The van der Waals surface area contributed by atoms with Crippen molar-refractivity contribution < 1.29 is 9.77 Å². The van der Waals surface area contributed by atoms with Crippen molar-refractivity contribution in [3.05, 3.63) is 0 Å². The van der Waals surface area contributed by atoms with Gasteiger partial charge in [-0.25, -0.2) is 0 Å². The van der Waals surface area contributed by atoms with Gasteiger partial charge in [-0.15, -0.1) is 0 Å². The lowest BCUT2D eigenvalue weighted by atomic mass is 10.4. The molecule has 2 N–H and O–H groups in total. The standard InChI is InChI=1S/C4H10O.ClHO/c1-2-3-4-5;1-2/h5H,2-4H2,1H3;2H. The number of hydrogen-bond donors (Lipinski definition) is 2. The SMILES string of the molecule is CCCCO.OCl. The summed E-state index contributed by atoms with van der Waals surface area (Å²) < 4.78 is 6.47. The van der Waals surface area contributed by atoms with Crippen LogP contribution in [0.15, 0.2) is 0 Å². The fourth-order valence-electron chi connectivity index (χ4n) is 0.158. The van der Waals surface area contributed by atoms with Crippen LogP contribution in [0.3, 0.4) is 0 Å². The predicted molar refractivity (Wildman–Crippen MR) is 30.1 cm³/mol. The zero-order valence-electron chi connectivity index (χ0n) is 4.39. The Bertz CT molecular complexity index is 17.2. The number of hydrogen-bond acceptors (Lipinski definition) is 2. The molecule has 0 aliphatic heterocycles. The summed E-state index contributed by atoms with van der Waals surface area (Å²) in [4.78, 5) is 0. The van der Waals surface area contributed by atoms with E-state index in [0.29, 0.717) is 6.61 Å². The fourth-order valence-corrected chi connectivity index (χ4v) is 0.158. The maximum Gasteiger partial charge on any atom is 0.0579 e. The van der Waals surface area contributed by atoms with Crippen LogP contribution < -0.4 is 0 Å². The van der Waals surface area contributed by atoms with E-state index in [9.17, 15) is 0 Å². The Labute approximate surface area is 48.9 Å². The molecule has 0 atom stereocenters. The van der Waals surface area contributed by atoms with Gasteiger partial charge in [0.05, 0.1) is 11.9 Å². The number of aliphatic hydroxyl groups is 1. The van der Waals surface area contributed by atoms with Crippen molar-refractivity contribution in [1.29, 1.82) is 0 Å². The summed E-state index contributed by atoms with van der Waals surface area (Å²) in [6, 6.07) is 0. The van der Waals surface area contributed by atoms with Crippen molar-refractivity contribution in [2.45, 2.75) is 19.8 Å². The molecule has 0 heterocycles. The molecule has 3 heteroatoms. The highest BCUT2D eigenvalue weighted by molar-refractivity contribution is 6.04. The highest BCUT2D eigenvalue weighted by Crippen LogP contribution is 1.78. The first kappa shape index (κ1) is 10.2. The molecule has 0 spiro atoms. The molecule has 0 unspecified atom stereocenters. The molecule has 0 aromatic carbocycles. The predicted octanol–water partition coefficient (Wildman–Crippen LogP) is 0.911. The van der Waals surface area contributed by atoms with Gasteiger partial charge in [-0.1, -0.05) is 13.3 Å². The maximum atomic E-state index is 8.07. The molecule has 0 rings (SSSR count). The molecule has 0 saturated carbocycles. The Morgan fingerprint density at radius 1 is 1.43 bits per heavy atom. The normalized spacial score (nSPS) is 6.86. The highest BCUT2D eigenvalue weighted by atomic mass is 35.5. The minimum atomic E-state index is 0.344. The van der Waals surface area contributed by atoms with Crippen LogP contribution in [0.5, 0.6) is 0 Å². The monoisotopic (exact) mass is 126 g/mol. The molecule has 0 bridgehead atoms. The summed E-state index contributed by atoms with van der Waals surface area (Å²) in [6.07, 6.45) is 2.04. The molecule has 46 valence electrons. The van der Waals surface area contributed by atoms with Crippen molar-refractivity contribution in [2.24, 2.45) is 0 Å². The van der Waals surface area contributed by atoms with Crippen LogP contribution >= 0.6 is 11.9 Å². The summed E-state index contributed by atoms with van der Waals surface area (Å²) in [7, 11) is 0. The average molecular weight is 127 g/mol. The van der Waals surface area contributed by atoms with Gasteiger partial charge >= 0.3 is 0 Å². The Balaban J connectivity index is 0. The third kappa shape index (κ3) is 22.5. The van der Waals surface area contributed by atoms with Gasteiger partial charge in [0.15, 0.2) is 0 Å². The van der Waals surface area contributed by atoms with E-state index in [1.165, 1.54) is 0 Å². The maximum absolute atomic E-state index is 8.07. The largest absolute Gasteiger partial charge is 0.396 e. The second-order valence-corrected chi connectivity index (χ2v) is 1.08. The van der Waals surface area contributed by atoms with Gasteiger partial charge in [-0.2, -0.15) is 0 Å². The average Bonchev–Trinajstić information content (AvgIpc) is 1.75. The molecule has 0 aromatic heterocycles. The van der Waals surface area contributed by atoms with Crippen LogP contribution in [0.1, 0.15) is 19.8 Å². The topological polar surface area (TPSA) is 40.5 Å². The van der Waals surface area contributed by atoms with Crippen molar-refractivity contribution >= 4 is 11.9 Å². The molecule has 0 amide bonds. The molecule has 0 aliphatic carbocycles. The molecule has 2 nitrogen and oxygen atoms in total. The van der Waals surface area contributed by atoms with Gasteiger partial charge in [-0.3, -0.25) is 4.66 Å². The van der Waals surface area contributed by atoms with Crippen LogP contribution in [0, 0.1) is 0 Å². The van der Waals surface area contributed by atoms with E-state index < -0.39 is 0 Å². The summed E-state index contributed by atoms with van der Waals surface area (Å²) >= 11 is 3.64. The van der Waals surface area contributed by atoms with Crippen LogP contribution in [0.4, 0.5) is 0 Å². The third-order valence-electron chi connectivity index (χ3n) is 0.512. The van der Waals surface area contributed by atoms with Crippen molar-refractivity contribution in [2.75, 3.05) is 6.61 Å². The zero-order chi connectivity index (χ0) is 6.12. The molecule has 0 fully saturated rings. The van der Waals surface area contributed by atoms with Gasteiger partial charge in [0.2, 0.25) is 0 Å². The zero-order valence-corrected chi connectivity index (χ0v) is 5.15. The van der Waals surface area contributed by atoms with E-state index in [1.807, 2.05) is 0 Å². The summed E-state index contributed by atoms with van der Waals surface area (Å²) in [5.41, 5.74) is 0. The van der Waals surface area contributed by atoms with E-state index in [2.05, 4.69) is 18.8 Å². The van der Waals surface area contributed by atoms with Crippen molar-refractivity contribution in [3.63, 3.8) is 0 Å². The van der Waals surface area contributed by atoms with Crippen molar-refractivity contribution in [3.8, 4) is 0 Å². The number of rotatable bonds is 2. The van der Waals surface area contributed by atoms with E-state index in [4.69, 9.17) is 9.77 Å². The number of halogens is 1. The Morgan fingerprint density at radius 2 is 1.86 bits per heavy atom. The second-order valence-electron chi connectivity index (χ2n) is 1.08. The minimum Gasteiger partial charge on any atom is -0.396 e. The first-order valence-corrected chi connectivity index (χ1v) is 2.53. The Morgan fingerprint density at radius 3 is 1.86 bits per heavy atom. The van der Waals surface area contributed by atoms with Gasteiger partial charge in [-0.05, 0) is 6.42 Å². The molecule has 0 aromatic rings. The molecular formula is C4H11ClO2. The lowest BCUT2D eigenvalue weighted by Gasteiger charge is -1.79. The first-order chi connectivity index (χ1) is 3.41. The van der Waals surface area contributed by atoms with Gasteiger partial charge < -0.3 is 5.11 Å². The van der Waals surface area contributed by atoms with Crippen LogP contribution in [0.25, 0.3) is 0 Å². The van der Waals surface area contributed by atoms with Gasteiger partial charge in [0.1, 0.15) is 0 Å². The summed E-state index contributed by atoms with van der Waals surface area (Å²) in [5, 5.41) is 8.07. The lowest BCUT2D eigenvalue weighted by molar-refractivity contribution is 0.287. The Kier molecular flexibility index (Phi) is 23.9. The molecule has 0 saturated heterocycles. The summed E-state index contributed by atoms with van der Waals surface area (Å²) in [6.45, 7) is 2.40. The first-order valence-electron chi connectivity index (χ1n) is 2.19. The fraction of sp³-hybridized carbons (Fsp3) is 1.00. The summed E-state index contributed by atoms with van der Waals surface area (Å²) in [5.74, 6) is 0. The van der Waals surface area contributed by atoms with Gasteiger partial charge in [0.25, 0.3) is 0 Å². The third-order valence-corrected chi connectivity index (χ3v) is 0.512. The van der Waals surface area contributed by atoms with E-state index >= 15 is 0 Å². The lowest BCUT2D eigenvalue weighted by Crippen LogP contribution is -1.75. The Hall–Kier alpha value is 0.210. The van der Waals surface area contributed by atoms with Crippen molar-refractivity contribution in [1.82, 2.24) is 0 Å². The van der Waals surface area contributed by atoms with E-state index in [-0.39, 0.29) is 0 Å². The van der Waals surface area contributed by atoms with E-state index in [0.717, 1.165) is 12.8 Å². The molecule has 0 aliphatic rings. The molecule has 7 heavy (non-hydrogen) atoms. The molecular weight excluding hydrogens is 115 g/mol. The quantitative estimate of drug-likeness (QED) is 0.578.